The zero-order valence-electron chi connectivity index (χ0n) is 11.0. The summed E-state index contributed by atoms with van der Waals surface area (Å²) in [6, 6.07) is 16.0. The molecule has 0 aliphatic heterocycles. The van der Waals surface area contributed by atoms with Crippen LogP contribution in [-0.2, 0) is 10.0 Å². The van der Waals surface area contributed by atoms with Gasteiger partial charge in [-0.25, -0.2) is 12.4 Å². The van der Waals surface area contributed by atoms with Gasteiger partial charge in [-0.05, 0) is 36.4 Å². The number of rotatable bonds is 2. The zero-order valence-corrected chi connectivity index (χ0v) is 11.8. The number of aromatic nitrogens is 2. The Morgan fingerprint density at radius 1 is 0.857 bits per heavy atom. The molecule has 1 N–H and O–H groups in total. The first-order valence-electron chi connectivity index (χ1n) is 6.56. The van der Waals surface area contributed by atoms with Crippen molar-refractivity contribution in [3.63, 3.8) is 0 Å². The highest BCUT2D eigenvalue weighted by Crippen LogP contribution is 2.28. The van der Waals surface area contributed by atoms with Crippen molar-refractivity contribution in [2.24, 2.45) is 0 Å². The maximum atomic E-state index is 12.7. The van der Waals surface area contributed by atoms with E-state index in [1.807, 2.05) is 30.5 Å². The van der Waals surface area contributed by atoms with E-state index < -0.39 is 10.0 Å². The third-order valence-corrected chi connectivity index (χ3v) is 5.37. The first kappa shape index (κ1) is 12.2. The molecule has 2 heterocycles. The summed E-state index contributed by atoms with van der Waals surface area (Å²) in [6.45, 7) is 0. The van der Waals surface area contributed by atoms with Crippen molar-refractivity contribution >= 4 is 31.8 Å². The second-order valence-electron chi connectivity index (χ2n) is 4.87. The van der Waals surface area contributed by atoms with E-state index in [2.05, 4.69) is 4.98 Å². The lowest BCUT2D eigenvalue weighted by molar-refractivity contribution is 0.589. The molecule has 0 saturated carbocycles. The van der Waals surface area contributed by atoms with Gasteiger partial charge >= 0.3 is 0 Å². The number of hydrogen-bond acceptors (Lipinski definition) is 2. The van der Waals surface area contributed by atoms with E-state index in [0.29, 0.717) is 5.52 Å². The van der Waals surface area contributed by atoms with Gasteiger partial charge in [-0.3, -0.25) is 0 Å². The Labute approximate surface area is 121 Å². The summed E-state index contributed by atoms with van der Waals surface area (Å²) in [5, 5.41) is 1.95. The number of hydrogen-bond donors (Lipinski definition) is 1. The van der Waals surface area contributed by atoms with Gasteiger partial charge in [-0.2, -0.15) is 0 Å². The summed E-state index contributed by atoms with van der Waals surface area (Å²) in [6.07, 6.45) is 3.46. The number of aromatic amines is 1. The third-order valence-electron chi connectivity index (χ3n) is 3.67. The molecule has 0 saturated heterocycles. The first-order valence-corrected chi connectivity index (χ1v) is 8.00. The molecule has 0 fully saturated rings. The molecule has 0 unspecified atom stereocenters. The first-order chi connectivity index (χ1) is 10.2. The summed E-state index contributed by atoms with van der Waals surface area (Å²) >= 11 is 0. The molecular weight excluding hydrogens is 284 g/mol. The van der Waals surface area contributed by atoms with Crippen LogP contribution >= 0.6 is 0 Å². The molecule has 4 nitrogen and oxygen atoms in total. The Morgan fingerprint density at radius 2 is 1.67 bits per heavy atom. The standard InChI is InChI=1S/C16H12N2O2S/c19-21(20,12-4-2-1-3-5-12)18-11-9-14-13-8-10-17-15(13)6-7-16(14)18/h1-11,17H. The summed E-state index contributed by atoms with van der Waals surface area (Å²) < 4.78 is 26.8. The summed E-state index contributed by atoms with van der Waals surface area (Å²) in [5.74, 6) is 0. The largest absolute Gasteiger partial charge is 0.361 e. The van der Waals surface area contributed by atoms with Crippen LogP contribution in [0.4, 0.5) is 0 Å². The topological polar surface area (TPSA) is 54.9 Å². The molecular formula is C16H12N2O2S. The van der Waals surface area contributed by atoms with E-state index in [0.717, 1.165) is 16.3 Å². The molecule has 0 aliphatic carbocycles. The maximum absolute atomic E-state index is 12.7. The van der Waals surface area contributed by atoms with Gasteiger partial charge in [0, 0.05) is 28.7 Å². The van der Waals surface area contributed by atoms with Crippen molar-refractivity contribution in [1.82, 2.24) is 8.96 Å². The predicted octanol–water partition coefficient (Wildman–Crippen LogP) is 3.36. The fourth-order valence-corrected chi connectivity index (χ4v) is 4.02. The van der Waals surface area contributed by atoms with E-state index in [1.165, 1.54) is 3.97 Å². The van der Waals surface area contributed by atoms with Crippen molar-refractivity contribution < 1.29 is 8.42 Å². The highest BCUT2D eigenvalue weighted by Gasteiger charge is 2.19. The molecule has 2 aromatic heterocycles. The molecule has 0 atom stereocenters. The van der Waals surface area contributed by atoms with Crippen LogP contribution in [0.3, 0.4) is 0 Å². The monoisotopic (exact) mass is 296 g/mol. The average Bonchev–Trinajstić information content (AvgIpc) is 3.14. The molecule has 0 aliphatic rings. The molecule has 4 rings (SSSR count). The van der Waals surface area contributed by atoms with Crippen molar-refractivity contribution in [2.45, 2.75) is 4.90 Å². The van der Waals surface area contributed by atoms with E-state index in [-0.39, 0.29) is 4.90 Å². The molecule has 0 bridgehead atoms. The van der Waals surface area contributed by atoms with Crippen LogP contribution in [0.25, 0.3) is 21.8 Å². The molecule has 5 heteroatoms. The van der Waals surface area contributed by atoms with Crippen molar-refractivity contribution in [3.05, 3.63) is 67.0 Å². The normalized spacial score (nSPS) is 12.2. The smallest absolute Gasteiger partial charge is 0.268 e. The van der Waals surface area contributed by atoms with Gasteiger partial charge in [0.05, 0.1) is 10.4 Å². The molecule has 4 aromatic rings. The highest BCUT2D eigenvalue weighted by atomic mass is 32.2. The highest BCUT2D eigenvalue weighted by molar-refractivity contribution is 7.90. The second-order valence-corrected chi connectivity index (χ2v) is 6.68. The van der Waals surface area contributed by atoms with Gasteiger partial charge < -0.3 is 4.98 Å². The van der Waals surface area contributed by atoms with Crippen molar-refractivity contribution in [2.75, 3.05) is 0 Å². The van der Waals surface area contributed by atoms with Crippen LogP contribution in [0.15, 0.2) is 71.9 Å². The summed E-state index contributed by atoms with van der Waals surface area (Å²) in [7, 11) is -3.57. The molecule has 0 spiro atoms. The fraction of sp³-hybridized carbons (Fsp3) is 0. The third kappa shape index (κ3) is 1.71. The molecule has 21 heavy (non-hydrogen) atoms. The minimum Gasteiger partial charge on any atom is -0.361 e. The van der Waals surface area contributed by atoms with Crippen LogP contribution in [0.2, 0.25) is 0 Å². The Balaban J connectivity index is 2.03. The number of fused-ring (bicyclic) bond motifs is 3. The lowest BCUT2D eigenvalue weighted by Crippen LogP contribution is -2.11. The van der Waals surface area contributed by atoms with E-state index in [1.54, 1.807) is 36.5 Å². The van der Waals surface area contributed by atoms with Gasteiger partial charge in [-0.1, -0.05) is 18.2 Å². The van der Waals surface area contributed by atoms with Crippen LogP contribution in [0.5, 0.6) is 0 Å². The van der Waals surface area contributed by atoms with Gasteiger partial charge in [-0.15, -0.1) is 0 Å². The average molecular weight is 296 g/mol. The Morgan fingerprint density at radius 3 is 2.48 bits per heavy atom. The number of nitrogens with one attached hydrogen (secondary N) is 1. The summed E-state index contributed by atoms with van der Waals surface area (Å²) in [5.41, 5.74) is 1.68. The van der Waals surface area contributed by atoms with Gasteiger partial charge in [0.25, 0.3) is 10.0 Å². The fourth-order valence-electron chi connectivity index (χ4n) is 2.65. The lowest BCUT2D eigenvalue weighted by atomic mass is 10.2. The van der Waals surface area contributed by atoms with Crippen LogP contribution in [0.1, 0.15) is 0 Å². The SMILES string of the molecule is O=S(=O)(c1ccccc1)n1ccc2c3cc[nH]c3ccc21. The number of nitrogens with zero attached hydrogens (tertiary/aromatic N) is 1. The Bertz CT molecular complexity index is 1040. The molecule has 104 valence electrons. The van der Waals surface area contributed by atoms with Gasteiger partial charge in [0.2, 0.25) is 0 Å². The van der Waals surface area contributed by atoms with Crippen LogP contribution in [-0.4, -0.2) is 17.4 Å². The predicted molar refractivity (Wildman–Crippen MR) is 82.8 cm³/mol. The number of H-pyrrole nitrogens is 1. The molecule has 0 radical (unpaired) electrons. The van der Waals surface area contributed by atoms with Crippen LogP contribution in [0, 0.1) is 0 Å². The molecule has 0 amide bonds. The lowest BCUT2D eigenvalue weighted by Gasteiger charge is -2.07. The van der Waals surface area contributed by atoms with Crippen LogP contribution < -0.4 is 0 Å². The van der Waals surface area contributed by atoms with Gasteiger partial charge in [0.15, 0.2) is 0 Å². The van der Waals surface area contributed by atoms with E-state index >= 15 is 0 Å². The zero-order chi connectivity index (χ0) is 14.4. The van der Waals surface area contributed by atoms with Crippen molar-refractivity contribution in [1.29, 1.82) is 0 Å². The Kier molecular flexibility index (Phi) is 2.46. The quantitative estimate of drug-likeness (QED) is 0.616. The summed E-state index contributed by atoms with van der Waals surface area (Å²) in [4.78, 5) is 3.42. The number of benzene rings is 2. The Hall–Kier alpha value is -2.53. The maximum Gasteiger partial charge on any atom is 0.268 e. The van der Waals surface area contributed by atoms with E-state index in [9.17, 15) is 8.42 Å². The van der Waals surface area contributed by atoms with Gasteiger partial charge in [0.1, 0.15) is 0 Å². The minimum atomic E-state index is -3.57. The molecule has 2 aromatic carbocycles. The van der Waals surface area contributed by atoms with Crippen molar-refractivity contribution in [3.8, 4) is 0 Å². The van der Waals surface area contributed by atoms with E-state index in [4.69, 9.17) is 0 Å². The second kappa shape index (κ2) is 4.23. The minimum absolute atomic E-state index is 0.289.